The Morgan fingerprint density at radius 2 is 2.00 bits per heavy atom. The first kappa shape index (κ1) is 14.1. The average Bonchev–Trinajstić information content (AvgIpc) is 2.30. The summed E-state index contributed by atoms with van der Waals surface area (Å²) in [6, 6.07) is 7.03. The van der Waals surface area contributed by atoms with Crippen molar-refractivity contribution >= 4 is 17.7 Å². The van der Waals surface area contributed by atoms with Gasteiger partial charge in [-0.25, -0.2) is 0 Å². The van der Waals surface area contributed by atoms with Gasteiger partial charge in [0.25, 0.3) is 0 Å². The lowest BCUT2D eigenvalue weighted by Crippen LogP contribution is -2.02. The molecule has 0 amide bonds. The number of hydrogen-bond acceptors (Lipinski definition) is 4. The Morgan fingerprint density at radius 3 is 2.67 bits per heavy atom. The van der Waals surface area contributed by atoms with Crippen molar-refractivity contribution in [3.8, 4) is 5.75 Å². The molecule has 0 aromatic heterocycles. The molecule has 0 unspecified atom stereocenters. The lowest BCUT2D eigenvalue weighted by Gasteiger charge is -1.97. The van der Waals surface area contributed by atoms with Gasteiger partial charge in [0.1, 0.15) is 11.5 Å². The number of benzene rings is 1. The van der Waals surface area contributed by atoms with Gasteiger partial charge in [-0.15, -0.1) is 0 Å². The van der Waals surface area contributed by atoms with E-state index >= 15 is 0 Å². The summed E-state index contributed by atoms with van der Waals surface area (Å²) in [7, 11) is 0. The quantitative estimate of drug-likeness (QED) is 0.618. The van der Waals surface area contributed by atoms with E-state index in [2.05, 4.69) is 9.98 Å². The summed E-state index contributed by atoms with van der Waals surface area (Å²) < 4.78 is 0. The minimum atomic E-state index is 0.119. The van der Waals surface area contributed by atoms with Crippen LogP contribution in [0.25, 0.3) is 0 Å². The van der Waals surface area contributed by atoms with E-state index in [1.807, 2.05) is 13.0 Å². The Hall–Kier alpha value is -1.97. The number of aliphatic imine (C=N–C) groups is 2. The summed E-state index contributed by atoms with van der Waals surface area (Å²) in [6.07, 6.45) is 2.04. The summed E-state index contributed by atoms with van der Waals surface area (Å²) in [4.78, 5) is 19.2. The Kier molecular flexibility index (Phi) is 5.77. The van der Waals surface area contributed by atoms with E-state index < -0.39 is 0 Å². The van der Waals surface area contributed by atoms with Crippen molar-refractivity contribution in [2.75, 3.05) is 13.1 Å². The van der Waals surface area contributed by atoms with Gasteiger partial charge in [0.15, 0.2) is 0 Å². The van der Waals surface area contributed by atoms with Gasteiger partial charge in [-0.1, -0.05) is 12.1 Å². The van der Waals surface area contributed by atoms with E-state index in [9.17, 15) is 9.90 Å². The van der Waals surface area contributed by atoms with Gasteiger partial charge in [-0.2, -0.15) is 0 Å². The Labute approximate surface area is 107 Å². The molecule has 1 aromatic carbocycles. The smallest absolute Gasteiger partial charge is 0.135 e. The van der Waals surface area contributed by atoms with Crippen molar-refractivity contribution in [3.63, 3.8) is 0 Å². The number of hydrogen-bond donors (Lipinski definition) is 1. The van der Waals surface area contributed by atoms with Crippen LogP contribution in [0.1, 0.15) is 25.8 Å². The molecule has 0 radical (unpaired) electrons. The zero-order valence-electron chi connectivity index (χ0n) is 10.8. The molecular weight excluding hydrogens is 228 g/mol. The molecule has 0 fully saturated rings. The number of ketones is 1. The second-order valence-electron chi connectivity index (χ2n) is 4.09. The number of rotatable bonds is 6. The molecule has 0 atom stereocenters. The van der Waals surface area contributed by atoms with E-state index in [1.54, 1.807) is 31.3 Å². The van der Waals surface area contributed by atoms with Crippen LogP contribution in [0.2, 0.25) is 0 Å². The van der Waals surface area contributed by atoms with E-state index in [0.29, 0.717) is 25.1 Å². The fourth-order valence-electron chi connectivity index (χ4n) is 1.47. The molecular formula is C14H18N2O2. The summed E-state index contributed by atoms with van der Waals surface area (Å²) >= 11 is 0. The molecule has 4 heteroatoms. The third kappa shape index (κ3) is 5.39. The van der Waals surface area contributed by atoms with Gasteiger partial charge in [0, 0.05) is 23.9 Å². The van der Waals surface area contributed by atoms with Crippen molar-refractivity contribution < 1.29 is 9.90 Å². The van der Waals surface area contributed by atoms with Crippen LogP contribution in [0.4, 0.5) is 0 Å². The van der Waals surface area contributed by atoms with E-state index in [4.69, 9.17) is 0 Å². The molecule has 0 aliphatic carbocycles. The number of para-hydroxylation sites is 1. The summed E-state index contributed by atoms with van der Waals surface area (Å²) in [5, 5.41) is 9.50. The lowest BCUT2D eigenvalue weighted by molar-refractivity contribution is -0.115. The van der Waals surface area contributed by atoms with E-state index in [-0.39, 0.29) is 11.5 Å². The zero-order valence-corrected chi connectivity index (χ0v) is 10.8. The Balaban J connectivity index is 2.38. The molecule has 1 rings (SSSR count). The molecule has 1 N–H and O–H groups in total. The normalized spacial score (nSPS) is 12.0. The Bertz CT molecular complexity index is 465. The van der Waals surface area contributed by atoms with Crippen LogP contribution in [-0.4, -0.2) is 35.9 Å². The first-order valence-electron chi connectivity index (χ1n) is 5.87. The maximum atomic E-state index is 10.8. The molecule has 0 aliphatic rings. The highest BCUT2D eigenvalue weighted by molar-refractivity contribution is 5.99. The van der Waals surface area contributed by atoms with Crippen LogP contribution in [-0.2, 0) is 4.79 Å². The van der Waals surface area contributed by atoms with Crippen molar-refractivity contribution in [1.29, 1.82) is 0 Å². The Morgan fingerprint density at radius 1 is 1.28 bits per heavy atom. The molecule has 0 bridgehead atoms. The minimum absolute atomic E-state index is 0.119. The largest absolute Gasteiger partial charge is 0.507 e. The topological polar surface area (TPSA) is 62.0 Å². The first-order valence-corrected chi connectivity index (χ1v) is 5.87. The zero-order chi connectivity index (χ0) is 13.4. The first-order chi connectivity index (χ1) is 8.59. The third-order valence-electron chi connectivity index (χ3n) is 2.28. The number of carbonyl (C=O) groups excluding carboxylic acids is 1. The molecule has 0 saturated heterocycles. The molecule has 96 valence electrons. The van der Waals surface area contributed by atoms with E-state index in [0.717, 1.165) is 5.71 Å². The van der Waals surface area contributed by atoms with Gasteiger partial charge in [0.2, 0.25) is 0 Å². The number of Topliss-reactive ketones (excluding diaryl/α,β-unsaturated/α-hetero) is 1. The van der Waals surface area contributed by atoms with Gasteiger partial charge in [-0.3, -0.25) is 14.8 Å². The van der Waals surface area contributed by atoms with Crippen LogP contribution in [0.3, 0.4) is 0 Å². The molecule has 1 aromatic rings. The van der Waals surface area contributed by atoms with Crippen LogP contribution in [0.15, 0.2) is 34.3 Å². The van der Waals surface area contributed by atoms with Gasteiger partial charge < -0.3 is 5.11 Å². The van der Waals surface area contributed by atoms with Crippen molar-refractivity contribution in [2.24, 2.45) is 9.98 Å². The second-order valence-corrected chi connectivity index (χ2v) is 4.09. The molecule has 0 heterocycles. The number of phenolic OH excluding ortho intramolecular Hbond substituents is 1. The minimum Gasteiger partial charge on any atom is -0.507 e. The molecule has 0 aliphatic heterocycles. The fraction of sp³-hybridized carbons (Fsp3) is 0.357. The maximum absolute atomic E-state index is 10.8. The summed E-state index contributed by atoms with van der Waals surface area (Å²) in [5.74, 6) is 0.339. The highest BCUT2D eigenvalue weighted by Gasteiger charge is 1.96. The van der Waals surface area contributed by atoms with Crippen LogP contribution >= 0.6 is 0 Å². The monoisotopic (exact) mass is 246 g/mol. The van der Waals surface area contributed by atoms with Crippen LogP contribution < -0.4 is 0 Å². The molecule has 18 heavy (non-hydrogen) atoms. The third-order valence-corrected chi connectivity index (χ3v) is 2.28. The van der Waals surface area contributed by atoms with Crippen LogP contribution in [0, 0.1) is 0 Å². The number of carbonyl (C=O) groups is 1. The van der Waals surface area contributed by atoms with Crippen molar-refractivity contribution in [1.82, 2.24) is 0 Å². The van der Waals surface area contributed by atoms with Gasteiger partial charge in [-0.05, 0) is 26.0 Å². The highest BCUT2D eigenvalue weighted by Crippen LogP contribution is 2.12. The number of phenols is 1. The van der Waals surface area contributed by atoms with Crippen molar-refractivity contribution in [3.05, 3.63) is 29.8 Å². The predicted octanol–water partition coefficient (Wildman–Crippen LogP) is 2.25. The molecule has 0 saturated carbocycles. The lowest BCUT2D eigenvalue weighted by atomic mass is 10.2. The number of nitrogens with zero attached hydrogens (tertiary/aromatic N) is 2. The average molecular weight is 246 g/mol. The van der Waals surface area contributed by atoms with E-state index in [1.165, 1.54) is 0 Å². The SMILES string of the molecule is CC(=O)CC(C)=NCCN=Cc1ccccc1O. The highest BCUT2D eigenvalue weighted by atomic mass is 16.3. The van der Waals surface area contributed by atoms with Gasteiger partial charge >= 0.3 is 0 Å². The predicted molar refractivity (Wildman–Crippen MR) is 73.8 cm³/mol. The molecule has 0 spiro atoms. The van der Waals surface area contributed by atoms with Crippen LogP contribution in [0.5, 0.6) is 5.75 Å². The fourth-order valence-corrected chi connectivity index (χ4v) is 1.47. The van der Waals surface area contributed by atoms with Gasteiger partial charge in [0.05, 0.1) is 13.1 Å². The maximum Gasteiger partial charge on any atom is 0.135 e. The number of aromatic hydroxyl groups is 1. The standard InChI is InChI=1S/C14H18N2O2/c1-11(9-12(2)17)16-8-7-15-10-13-5-3-4-6-14(13)18/h3-6,10,18H,7-9H2,1-2H3. The second kappa shape index (κ2) is 7.37. The summed E-state index contributed by atoms with van der Waals surface area (Å²) in [5.41, 5.74) is 1.53. The molecule has 4 nitrogen and oxygen atoms in total. The van der Waals surface area contributed by atoms with Crippen molar-refractivity contribution in [2.45, 2.75) is 20.3 Å². The summed E-state index contributed by atoms with van der Waals surface area (Å²) in [6.45, 7) is 4.50.